The molecular weight excluding hydrogens is 953 g/mol. The zero-order valence-electron chi connectivity index (χ0n) is 42.2. The molecule has 0 bridgehead atoms. The van der Waals surface area contributed by atoms with Gasteiger partial charge in [0.1, 0.15) is 47.0 Å². The number of carbonyl (C=O) groups is 3. The van der Waals surface area contributed by atoms with Crippen molar-refractivity contribution in [2.45, 2.75) is 95.1 Å². The van der Waals surface area contributed by atoms with Crippen molar-refractivity contribution in [3.05, 3.63) is 141 Å². The number of aromatic hydroxyl groups is 1. The molecule has 0 spiro atoms. The summed E-state index contributed by atoms with van der Waals surface area (Å²) in [5.41, 5.74) is 6.85. The fourth-order valence-electron chi connectivity index (χ4n) is 10.8. The van der Waals surface area contributed by atoms with Gasteiger partial charge < -0.3 is 39.3 Å². The molecule has 4 aromatic carbocycles. The summed E-state index contributed by atoms with van der Waals surface area (Å²) in [6.07, 6.45) is 5.53. The molecule has 74 heavy (non-hydrogen) atoms. The molecule has 4 N–H and O–H groups in total. The third-order valence-electron chi connectivity index (χ3n) is 14.7. The largest absolute Gasteiger partial charge is 0.508 e. The number of thioether (sulfide) groups is 1. The lowest BCUT2D eigenvalue weighted by atomic mass is 9.89. The highest BCUT2D eigenvalue weighted by Crippen LogP contribution is 2.47. The number of carboxylic acids is 1. The van der Waals surface area contributed by atoms with Crippen LogP contribution >= 0.6 is 11.8 Å². The van der Waals surface area contributed by atoms with Crippen LogP contribution in [0.1, 0.15) is 104 Å². The van der Waals surface area contributed by atoms with Gasteiger partial charge in [0.2, 0.25) is 5.36 Å². The summed E-state index contributed by atoms with van der Waals surface area (Å²) in [7, 11) is 0. The molecule has 10 rings (SSSR count). The summed E-state index contributed by atoms with van der Waals surface area (Å²) < 4.78 is 21.4. The normalized spacial score (nSPS) is 16.9. The number of fused-ring (bicyclic) bond motifs is 4. The second kappa shape index (κ2) is 21.6. The summed E-state index contributed by atoms with van der Waals surface area (Å²) >= 11 is 1.67. The molecule has 13 nitrogen and oxygen atoms in total. The highest BCUT2D eigenvalue weighted by molar-refractivity contribution is 8.00. The second-order valence-corrected chi connectivity index (χ2v) is 20.4. The molecule has 2 fully saturated rings. The zero-order chi connectivity index (χ0) is 51.6. The van der Waals surface area contributed by atoms with E-state index in [4.69, 9.17) is 13.6 Å². The van der Waals surface area contributed by atoms with Gasteiger partial charge in [-0.1, -0.05) is 23.9 Å². The Hall–Kier alpha value is -7.42. The molecule has 4 aromatic rings. The number of anilines is 1. The van der Waals surface area contributed by atoms with Gasteiger partial charge in [0.25, 0.3) is 11.8 Å². The molecule has 3 heterocycles. The number of carbonyl (C=O) groups excluding carboxylic acids is 2. The number of nitrogens with one attached hydrogen (secondary N) is 2. The van der Waals surface area contributed by atoms with Gasteiger partial charge in [-0.15, -0.1) is 0 Å². The highest BCUT2D eigenvalue weighted by Gasteiger charge is 2.29. The predicted octanol–water partition coefficient (Wildman–Crippen LogP) is 11.2. The van der Waals surface area contributed by atoms with Crippen LogP contribution in [-0.2, 0) is 4.74 Å². The van der Waals surface area contributed by atoms with E-state index < -0.39 is 11.9 Å². The number of phenols is 1. The summed E-state index contributed by atoms with van der Waals surface area (Å²) in [6, 6.07) is 32.0. The fourth-order valence-corrected chi connectivity index (χ4v) is 12.0. The van der Waals surface area contributed by atoms with Crippen molar-refractivity contribution in [1.29, 1.82) is 0 Å². The Morgan fingerprint density at radius 1 is 0.649 bits per heavy atom. The van der Waals surface area contributed by atoms with E-state index in [1.165, 1.54) is 30.3 Å². The molecule has 6 aliphatic rings. The molecule has 1 saturated carbocycles. The van der Waals surface area contributed by atoms with Crippen LogP contribution in [0.3, 0.4) is 0 Å². The summed E-state index contributed by atoms with van der Waals surface area (Å²) in [4.78, 5) is 56.5. The minimum absolute atomic E-state index is 0.0519. The van der Waals surface area contributed by atoms with Crippen LogP contribution in [0.2, 0.25) is 0 Å². The van der Waals surface area contributed by atoms with E-state index in [1.807, 2.05) is 12.1 Å². The molecule has 2 amide bonds. The van der Waals surface area contributed by atoms with Crippen molar-refractivity contribution in [3.8, 4) is 50.7 Å². The Bertz CT molecular complexity index is 3500. The molecular formula is C60H61N4O9S+. The lowest BCUT2D eigenvalue weighted by Gasteiger charge is -2.30. The summed E-state index contributed by atoms with van der Waals surface area (Å²) in [5, 5.41) is 29.7. The Labute approximate surface area is 433 Å². The van der Waals surface area contributed by atoms with Crippen molar-refractivity contribution in [2.75, 3.05) is 37.7 Å². The van der Waals surface area contributed by atoms with Gasteiger partial charge in [0.05, 0.1) is 11.6 Å². The predicted molar refractivity (Wildman–Crippen MR) is 292 cm³/mol. The Morgan fingerprint density at radius 2 is 1.24 bits per heavy atom. The topological polar surface area (TPSA) is 175 Å². The van der Waals surface area contributed by atoms with Crippen molar-refractivity contribution in [2.24, 2.45) is 0 Å². The number of amides is 2. The van der Waals surface area contributed by atoms with Crippen molar-refractivity contribution >= 4 is 57.2 Å². The Balaban J connectivity index is 0.889. The minimum Gasteiger partial charge on any atom is -0.508 e. The van der Waals surface area contributed by atoms with Gasteiger partial charge in [0.15, 0.2) is 5.43 Å². The van der Waals surface area contributed by atoms with E-state index in [1.54, 1.807) is 36.0 Å². The molecule has 1 unspecified atom stereocenters. The van der Waals surface area contributed by atoms with Crippen molar-refractivity contribution in [3.63, 3.8) is 0 Å². The molecule has 1 atom stereocenters. The number of hydrogen-bond acceptors (Lipinski definition) is 10. The first kappa shape index (κ1) is 50.1. The van der Waals surface area contributed by atoms with Crippen molar-refractivity contribution < 1.29 is 38.2 Å². The minimum atomic E-state index is -1.23. The molecule has 1 saturated heterocycles. The number of ether oxygens (including phenoxy) is 1. The zero-order valence-corrected chi connectivity index (χ0v) is 43.0. The number of phenolic OH excluding ortho intramolecular Hbond substituents is 1. The maximum atomic E-state index is 14.3. The van der Waals surface area contributed by atoms with E-state index in [0.29, 0.717) is 59.9 Å². The van der Waals surface area contributed by atoms with Gasteiger partial charge in [-0.25, -0.2) is 9.37 Å². The van der Waals surface area contributed by atoms with Crippen LogP contribution in [0.25, 0.3) is 66.8 Å². The number of benzene rings is 6. The number of aromatic carboxylic acids is 1. The third-order valence-corrected chi connectivity index (χ3v) is 15.9. The first-order valence-corrected chi connectivity index (χ1v) is 26.8. The van der Waals surface area contributed by atoms with Crippen LogP contribution in [0.15, 0.2) is 128 Å². The lowest BCUT2D eigenvalue weighted by molar-refractivity contribution is 0.0697. The average molecular weight is 1010 g/mol. The van der Waals surface area contributed by atoms with E-state index in [0.717, 1.165) is 94.8 Å². The lowest BCUT2D eigenvalue weighted by Crippen LogP contribution is -2.43. The summed E-state index contributed by atoms with van der Waals surface area (Å²) in [6.45, 7) is 12.8. The van der Waals surface area contributed by atoms with Gasteiger partial charge >= 0.3 is 5.97 Å². The molecule has 380 valence electrons. The van der Waals surface area contributed by atoms with E-state index in [2.05, 4.69) is 90.3 Å². The first-order valence-electron chi connectivity index (χ1n) is 25.9. The Morgan fingerprint density at radius 3 is 1.88 bits per heavy atom. The smallest absolute Gasteiger partial charge is 0.336 e. The third kappa shape index (κ3) is 10.1. The van der Waals surface area contributed by atoms with Gasteiger partial charge in [-0.05, 0) is 150 Å². The number of carboxylic acid groups (broad SMARTS) is 1. The SMILES string of the molecule is CCN(CC)c1ccc2c(-c3ccc(C(=O)NC4CCC(NC(=O)c5ccc(-c6c7ccc(=O)cc-7oc7cc(O)ccc67)c(C(=O)O)c5)CC4)cc3SC3CCCCO3)c3ccc(=[N+](CC)CC)cc-3oc2c1. The highest BCUT2D eigenvalue weighted by atomic mass is 32.2. The second-order valence-electron chi connectivity index (χ2n) is 19.2. The number of nitrogens with zero attached hydrogens (tertiary/aromatic N) is 2. The molecule has 0 radical (unpaired) electrons. The molecule has 14 heteroatoms. The van der Waals surface area contributed by atoms with Crippen molar-refractivity contribution in [1.82, 2.24) is 15.2 Å². The quantitative estimate of drug-likeness (QED) is 0.0603. The maximum Gasteiger partial charge on any atom is 0.336 e. The maximum absolute atomic E-state index is 14.3. The number of rotatable bonds is 14. The van der Waals surface area contributed by atoms with Gasteiger partial charge in [0, 0.05) is 111 Å². The standard InChI is InChI=1S/C60H60N4O9S/c1-5-63(6-2)39-18-24-44-50(31-39)72-51-32-40(64(7-3)8-4)19-25-45(51)57(44)48-23-13-36(30-54(48)74-55-11-9-10-28-71-55)59(68)62-38-16-14-37(15-17-38)61-58(67)35-12-22-43(49(29-35)60(69)70)56-46-26-20-41(65)33-52(46)73-53-34-42(66)21-27-47(53)56/h12-13,18-27,29-34,37-38,55H,5-11,14-17,28H2,1-4H3,(H3-,61,62,65,66,67,68,69,70)/p+1. The summed E-state index contributed by atoms with van der Waals surface area (Å²) in [5.74, 6) is -0.828. The first-order chi connectivity index (χ1) is 35.9. The Kier molecular flexibility index (Phi) is 14.6. The molecule has 3 aliphatic carbocycles. The number of hydrogen-bond donors (Lipinski definition) is 4. The van der Waals surface area contributed by atoms with Crippen LogP contribution in [0, 0.1) is 0 Å². The fraction of sp³-hybridized carbons (Fsp3) is 0.317. The van der Waals surface area contributed by atoms with E-state index in [9.17, 15) is 29.4 Å². The van der Waals surface area contributed by atoms with E-state index in [-0.39, 0.29) is 57.1 Å². The van der Waals surface area contributed by atoms with Gasteiger partial charge in [-0.3, -0.25) is 14.4 Å². The van der Waals surface area contributed by atoms with E-state index >= 15 is 0 Å². The van der Waals surface area contributed by atoms with Gasteiger partial charge in [-0.2, -0.15) is 0 Å². The monoisotopic (exact) mass is 1010 g/mol. The molecule has 3 aliphatic heterocycles. The van der Waals surface area contributed by atoms with Crippen LogP contribution in [0.5, 0.6) is 5.75 Å². The van der Waals surface area contributed by atoms with Crippen LogP contribution in [-0.4, -0.2) is 78.3 Å². The van der Waals surface area contributed by atoms with Crippen LogP contribution in [0.4, 0.5) is 5.69 Å². The molecule has 0 aromatic heterocycles. The van der Waals surface area contributed by atoms with Crippen LogP contribution < -0.4 is 30.9 Å². The average Bonchev–Trinajstić information content (AvgIpc) is 3.41.